The monoisotopic (exact) mass is 290 g/mol. The van der Waals surface area contributed by atoms with Gasteiger partial charge in [-0.2, -0.15) is 0 Å². The summed E-state index contributed by atoms with van der Waals surface area (Å²) < 4.78 is 20.4. The van der Waals surface area contributed by atoms with Gasteiger partial charge in [-0.05, 0) is 19.3 Å². The zero-order valence-corrected chi connectivity index (χ0v) is 12.5. The number of carbonyl (C=O) groups is 1. The molecular formula is C14H28NO5+. The Morgan fingerprint density at radius 1 is 0.950 bits per heavy atom. The number of piperidine rings is 1. The van der Waals surface area contributed by atoms with E-state index in [0.29, 0.717) is 33.0 Å². The van der Waals surface area contributed by atoms with Crippen LogP contribution in [-0.2, 0) is 23.7 Å². The average molecular weight is 290 g/mol. The van der Waals surface area contributed by atoms with Crippen molar-refractivity contribution in [1.82, 2.24) is 0 Å². The molecule has 6 heteroatoms. The van der Waals surface area contributed by atoms with Crippen molar-refractivity contribution in [2.24, 2.45) is 0 Å². The summed E-state index contributed by atoms with van der Waals surface area (Å²) in [5.41, 5.74) is 0. The topological polar surface area (TPSA) is 58.4 Å². The molecule has 0 aromatic rings. The van der Waals surface area contributed by atoms with Crippen LogP contribution in [0.2, 0.25) is 0 Å². The molecule has 1 aliphatic heterocycles. The molecule has 0 unspecified atom stereocenters. The van der Waals surface area contributed by atoms with Crippen LogP contribution in [0.1, 0.15) is 19.3 Å². The number of likely N-dealkylation sites (tertiary alicyclic amines) is 1. The lowest BCUT2D eigenvalue weighted by Crippen LogP contribution is -3.13. The molecule has 1 heterocycles. The van der Waals surface area contributed by atoms with E-state index in [1.165, 1.54) is 37.3 Å². The third kappa shape index (κ3) is 9.25. The minimum absolute atomic E-state index is 0.00295. The lowest BCUT2D eigenvalue weighted by atomic mass is 10.1. The van der Waals surface area contributed by atoms with Crippen molar-refractivity contribution in [2.45, 2.75) is 19.3 Å². The van der Waals surface area contributed by atoms with Gasteiger partial charge in [0.15, 0.2) is 0 Å². The van der Waals surface area contributed by atoms with Gasteiger partial charge in [-0.1, -0.05) is 0 Å². The van der Waals surface area contributed by atoms with Gasteiger partial charge in [0.05, 0.1) is 39.5 Å². The van der Waals surface area contributed by atoms with Gasteiger partial charge in [-0.3, -0.25) is 0 Å². The first kappa shape index (κ1) is 17.4. The summed E-state index contributed by atoms with van der Waals surface area (Å²) in [5.74, 6) is -0.293. The number of rotatable bonds is 11. The summed E-state index contributed by atoms with van der Waals surface area (Å²) in [6.45, 7) is 5.78. The normalized spacial score (nSPS) is 16.2. The molecule has 0 bridgehead atoms. The summed E-state index contributed by atoms with van der Waals surface area (Å²) in [6.07, 6.45) is 3.91. The summed E-state index contributed by atoms with van der Waals surface area (Å²) in [4.78, 5) is 12.9. The number of ether oxygens (including phenoxy) is 4. The Hall–Kier alpha value is -0.690. The van der Waals surface area contributed by atoms with E-state index in [-0.39, 0.29) is 12.6 Å². The number of esters is 1. The summed E-state index contributed by atoms with van der Waals surface area (Å²) in [6, 6.07) is 0. The zero-order chi connectivity index (χ0) is 14.5. The molecule has 0 aliphatic carbocycles. The molecule has 0 saturated carbocycles. The van der Waals surface area contributed by atoms with Crippen LogP contribution in [0.15, 0.2) is 0 Å². The van der Waals surface area contributed by atoms with Crippen LogP contribution in [0.4, 0.5) is 0 Å². The van der Waals surface area contributed by atoms with E-state index < -0.39 is 0 Å². The molecule has 0 radical (unpaired) electrons. The molecule has 1 N–H and O–H groups in total. The maximum Gasteiger partial charge on any atom is 0.332 e. The fourth-order valence-electron chi connectivity index (χ4n) is 2.17. The Morgan fingerprint density at radius 3 is 2.40 bits per heavy atom. The fraction of sp³-hybridized carbons (Fsp3) is 0.929. The van der Waals surface area contributed by atoms with Gasteiger partial charge < -0.3 is 23.8 Å². The highest BCUT2D eigenvalue weighted by atomic mass is 16.6. The number of hydrogen-bond donors (Lipinski definition) is 1. The molecule has 0 spiro atoms. The molecule has 0 aromatic heterocycles. The van der Waals surface area contributed by atoms with Crippen LogP contribution in [0.3, 0.4) is 0 Å². The van der Waals surface area contributed by atoms with E-state index in [0.717, 1.165) is 6.54 Å². The van der Waals surface area contributed by atoms with Gasteiger partial charge in [0.1, 0.15) is 19.8 Å². The highest BCUT2D eigenvalue weighted by molar-refractivity contribution is 5.70. The first-order chi connectivity index (χ1) is 9.83. The average Bonchev–Trinajstić information content (AvgIpc) is 2.47. The second-order valence-corrected chi connectivity index (χ2v) is 4.94. The van der Waals surface area contributed by atoms with Crippen LogP contribution in [-0.4, -0.2) is 72.4 Å². The van der Waals surface area contributed by atoms with Crippen LogP contribution < -0.4 is 4.90 Å². The minimum Gasteiger partial charge on any atom is -0.458 e. The number of quaternary nitrogens is 1. The highest BCUT2D eigenvalue weighted by Crippen LogP contribution is 1.94. The summed E-state index contributed by atoms with van der Waals surface area (Å²) in [5, 5.41) is 0. The van der Waals surface area contributed by atoms with Crippen molar-refractivity contribution in [3.63, 3.8) is 0 Å². The molecule has 6 nitrogen and oxygen atoms in total. The second kappa shape index (κ2) is 12.1. The van der Waals surface area contributed by atoms with Crippen molar-refractivity contribution in [3.05, 3.63) is 0 Å². The standard InChI is InChI=1S/C14H27NO5/c1-17-9-10-18-11-12-19-13-14(16)20-8-7-15-5-3-2-4-6-15/h2-13H2,1H3/p+1. The molecule has 1 saturated heterocycles. The predicted molar refractivity (Wildman–Crippen MR) is 73.9 cm³/mol. The van der Waals surface area contributed by atoms with Crippen molar-refractivity contribution < 1.29 is 28.6 Å². The largest absolute Gasteiger partial charge is 0.458 e. The number of carbonyl (C=O) groups excluding carboxylic acids is 1. The molecule has 0 aromatic carbocycles. The van der Waals surface area contributed by atoms with Crippen LogP contribution in [0.25, 0.3) is 0 Å². The first-order valence-electron chi connectivity index (χ1n) is 7.46. The Balaban J connectivity index is 1.85. The van der Waals surface area contributed by atoms with Gasteiger partial charge in [-0.25, -0.2) is 4.79 Å². The Morgan fingerprint density at radius 2 is 1.65 bits per heavy atom. The number of nitrogens with one attached hydrogen (secondary N) is 1. The molecule has 1 aliphatic rings. The predicted octanol–water partition coefficient (Wildman–Crippen LogP) is -0.722. The maximum absolute atomic E-state index is 11.4. The molecule has 1 fully saturated rings. The van der Waals surface area contributed by atoms with Crippen LogP contribution in [0, 0.1) is 0 Å². The van der Waals surface area contributed by atoms with Crippen molar-refractivity contribution in [2.75, 3.05) is 66.4 Å². The van der Waals surface area contributed by atoms with Crippen LogP contribution >= 0.6 is 0 Å². The van der Waals surface area contributed by atoms with Crippen molar-refractivity contribution in [3.8, 4) is 0 Å². The maximum atomic E-state index is 11.4. The van der Waals surface area contributed by atoms with Gasteiger partial charge in [0.25, 0.3) is 0 Å². The molecule has 118 valence electrons. The molecule has 0 amide bonds. The Bertz CT molecular complexity index is 244. The third-order valence-corrected chi connectivity index (χ3v) is 3.30. The lowest BCUT2D eigenvalue weighted by Gasteiger charge is -2.23. The fourth-order valence-corrected chi connectivity index (χ4v) is 2.17. The van der Waals surface area contributed by atoms with E-state index in [1.807, 2.05) is 0 Å². The molecule has 0 atom stereocenters. The van der Waals surface area contributed by atoms with Crippen molar-refractivity contribution in [1.29, 1.82) is 0 Å². The first-order valence-corrected chi connectivity index (χ1v) is 7.46. The van der Waals surface area contributed by atoms with E-state index >= 15 is 0 Å². The van der Waals surface area contributed by atoms with Crippen molar-refractivity contribution >= 4 is 5.97 Å². The smallest absolute Gasteiger partial charge is 0.332 e. The quantitative estimate of drug-likeness (QED) is 0.402. The number of methoxy groups -OCH3 is 1. The highest BCUT2D eigenvalue weighted by Gasteiger charge is 2.13. The summed E-state index contributed by atoms with van der Waals surface area (Å²) >= 11 is 0. The van der Waals surface area contributed by atoms with Crippen LogP contribution in [0.5, 0.6) is 0 Å². The Labute approximate surface area is 121 Å². The minimum atomic E-state index is -0.293. The van der Waals surface area contributed by atoms with Gasteiger partial charge in [0.2, 0.25) is 0 Å². The number of hydrogen-bond acceptors (Lipinski definition) is 5. The Kier molecular flexibility index (Phi) is 10.5. The van der Waals surface area contributed by atoms with Gasteiger partial charge in [0, 0.05) is 7.11 Å². The van der Waals surface area contributed by atoms with Gasteiger partial charge in [-0.15, -0.1) is 0 Å². The SMILES string of the molecule is COCCOCCOCC(=O)OCC[NH+]1CCCCC1. The molecule has 1 rings (SSSR count). The van der Waals surface area contributed by atoms with E-state index in [2.05, 4.69) is 0 Å². The van der Waals surface area contributed by atoms with Gasteiger partial charge >= 0.3 is 5.97 Å². The lowest BCUT2D eigenvalue weighted by molar-refractivity contribution is -0.905. The van der Waals surface area contributed by atoms with E-state index in [1.54, 1.807) is 7.11 Å². The zero-order valence-electron chi connectivity index (χ0n) is 12.5. The molecule has 20 heavy (non-hydrogen) atoms. The third-order valence-electron chi connectivity index (χ3n) is 3.30. The molecular weight excluding hydrogens is 262 g/mol. The second-order valence-electron chi connectivity index (χ2n) is 4.94. The summed E-state index contributed by atoms with van der Waals surface area (Å²) in [7, 11) is 1.63. The van der Waals surface area contributed by atoms with E-state index in [9.17, 15) is 4.79 Å². The van der Waals surface area contributed by atoms with E-state index in [4.69, 9.17) is 18.9 Å².